The summed E-state index contributed by atoms with van der Waals surface area (Å²) >= 11 is 0. The molecule has 90 valence electrons. The summed E-state index contributed by atoms with van der Waals surface area (Å²) in [5.41, 5.74) is -0.155. The zero-order valence-corrected chi connectivity index (χ0v) is 8.77. The van der Waals surface area contributed by atoms with Gasteiger partial charge < -0.3 is 19.7 Å². The van der Waals surface area contributed by atoms with Crippen molar-refractivity contribution in [3.05, 3.63) is 24.3 Å². The fraction of sp³-hybridized carbons (Fsp3) is 0.400. The molecule has 0 spiro atoms. The van der Waals surface area contributed by atoms with E-state index in [0.717, 1.165) is 0 Å². The van der Waals surface area contributed by atoms with Gasteiger partial charge in [0.1, 0.15) is 13.2 Å². The van der Waals surface area contributed by atoms with Crippen LogP contribution in [-0.2, 0) is 19.1 Å². The van der Waals surface area contributed by atoms with Crippen molar-refractivity contribution in [2.45, 2.75) is 0 Å². The van der Waals surface area contributed by atoms with Gasteiger partial charge in [-0.25, -0.2) is 9.59 Å². The summed E-state index contributed by atoms with van der Waals surface area (Å²) in [6.07, 6.45) is 0. The minimum Gasteiger partial charge on any atom is -0.459 e. The van der Waals surface area contributed by atoms with E-state index in [0.29, 0.717) is 0 Å². The van der Waals surface area contributed by atoms with E-state index in [1.807, 2.05) is 0 Å². The Morgan fingerprint density at radius 3 is 1.44 bits per heavy atom. The Morgan fingerprint density at radius 1 is 0.875 bits per heavy atom. The molecule has 0 aliphatic rings. The molecule has 0 rings (SSSR count). The highest BCUT2D eigenvalue weighted by Gasteiger charge is 2.09. The topological polar surface area (TPSA) is 93.1 Å². The Labute approximate surface area is 92.8 Å². The average molecular weight is 230 g/mol. The predicted molar refractivity (Wildman–Crippen MR) is 54.4 cm³/mol. The van der Waals surface area contributed by atoms with E-state index in [4.69, 9.17) is 10.2 Å². The number of aliphatic hydroxyl groups is 2. The molecule has 6 heteroatoms. The highest BCUT2D eigenvalue weighted by Crippen LogP contribution is 1.95. The molecule has 0 saturated carbocycles. The van der Waals surface area contributed by atoms with E-state index in [1.165, 1.54) is 0 Å². The minimum absolute atomic E-state index is 0.0777. The molecule has 0 fully saturated rings. The second-order valence-corrected chi connectivity index (χ2v) is 2.80. The number of ether oxygens (including phenoxy) is 2. The van der Waals surface area contributed by atoms with E-state index in [1.54, 1.807) is 0 Å². The summed E-state index contributed by atoms with van der Waals surface area (Å²) in [5.74, 6) is -1.50. The van der Waals surface area contributed by atoms with Gasteiger partial charge in [-0.3, -0.25) is 0 Å². The number of carbonyl (C=O) groups excluding carboxylic acids is 2. The maximum atomic E-state index is 10.9. The van der Waals surface area contributed by atoms with Crippen molar-refractivity contribution in [1.29, 1.82) is 0 Å². The summed E-state index contributed by atoms with van der Waals surface area (Å²) < 4.78 is 9.18. The molecular formula is C10H14O6. The number of aliphatic hydroxyl groups excluding tert-OH is 2. The molecular weight excluding hydrogens is 216 g/mol. The number of esters is 2. The first-order valence-electron chi connectivity index (χ1n) is 4.44. The second kappa shape index (κ2) is 7.61. The van der Waals surface area contributed by atoms with Gasteiger partial charge >= 0.3 is 11.9 Å². The molecule has 0 saturated heterocycles. The van der Waals surface area contributed by atoms with Crippen LogP contribution < -0.4 is 0 Å². The molecule has 0 radical (unpaired) electrons. The van der Waals surface area contributed by atoms with Gasteiger partial charge in [0.05, 0.1) is 24.4 Å². The molecule has 6 nitrogen and oxygen atoms in total. The van der Waals surface area contributed by atoms with Crippen LogP contribution in [0.3, 0.4) is 0 Å². The van der Waals surface area contributed by atoms with E-state index in [-0.39, 0.29) is 24.4 Å². The zero-order valence-electron chi connectivity index (χ0n) is 8.77. The maximum absolute atomic E-state index is 10.9. The monoisotopic (exact) mass is 230 g/mol. The van der Waals surface area contributed by atoms with Crippen molar-refractivity contribution in [2.75, 3.05) is 26.4 Å². The first kappa shape index (κ1) is 14.3. The van der Waals surface area contributed by atoms with Crippen LogP contribution in [0, 0.1) is 0 Å². The fourth-order valence-corrected chi connectivity index (χ4v) is 0.602. The minimum atomic E-state index is -0.750. The van der Waals surface area contributed by atoms with Gasteiger partial charge in [-0.15, -0.1) is 0 Å². The van der Waals surface area contributed by atoms with Gasteiger partial charge in [0.15, 0.2) is 0 Å². The Kier molecular flexibility index (Phi) is 6.82. The van der Waals surface area contributed by atoms with Crippen molar-refractivity contribution in [1.82, 2.24) is 0 Å². The van der Waals surface area contributed by atoms with Crippen LogP contribution in [-0.4, -0.2) is 48.6 Å². The third-order valence-electron chi connectivity index (χ3n) is 1.51. The average Bonchev–Trinajstić information content (AvgIpc) is 2.31. The molecule has 0 aliphatic carbocycles. The van der Waals surface area contributed by atoms with E-state index in [9.17, 15) is 9.59 Å². The molecule has 0 aromatic rings. The fourth-order valence-electron chi connectivity index (χ4n) is 0.602. The van der Waals surface area contributed by atoms with Crippen molar-refractivity contribution in [3.8, 4) is 0 Å². The quantitative estimate of drug-likeness (QED) is 0.337. The third kappa shape index (κ3) is 5.28. The van der Waals surface area contributed by atoms with Crippen LogP contribution in [0.4, 0.5) is 0 Å². The van der Waals surface area contributed by atoms with Gasteiger partial charge in [0.2, 0.25) is 0 Å². The number of carbonyl (C=O) groups is 2. The lowest BCUT2D eigenvalue weighted by Gasteiger charge is -2.06. The normalized spacial score (nSPS) is 9.38. The lowest BCUT2D eigenvalue weighted by molar-refractivity contribution is -0.147. The predicted octanol–water partition coefficient (Wildman–Crippen LogP) is -0.830. The van der Waals surface area contributed by atoms with Crippen LogP contribution >= 0.6 is 0 Å². The number of hydrogen-bond donors (Lipinski definition) is 2. The van der Waals surface area contributed by atoms with Crippen LogP contribution in [0.1, 0.15) is 0 Å². The molecule has 0 bridgehead atoms. The first-order valence-corrected chi connectivity index (χ1v) is 4.44. The molecule has 0 heterocycles. The Morgan fingerprint density at radius 2 is 1.19 bits per heavy atom. The summed E-state index contributed by atoms with van der Waals surface area (Å²) in [6.45, 7) is 5.22. The van der Waals surface area contributed by atoms with Crippen molar-refractivity contribution < 1.29 is 29.3 Å². The molecule has 0 unspecified atom stereocenters. The van der Waals surface area contributed by atoms with Crippen LogP contribution in [0.25, 0.3) is 0 Å². The zero-order chi connectivity index (χ0) is 12.6. The molecule has 0 aliphatic heterocycles. The SMILES string of the molecule is C=C(CO)C(=O)OCCOC(=O)C(=C)CO. The van der Waals surface area contributed by atoms with Gasteiger partial charge in [0.25, 0.3) is 0 Å². The molecule has 0 atom stereocenters. The van der Waals surface area contributed by atoms with Gasteiger partial charge in [-0.1, -0.05) is 13.2 Å². The van der Waals surface area contributed by atoms with Crippen molar-refractivity contribution in [2.24, 2.45) is 0 Å². The summed E-state index contributed by atoms with van der Waals surface area (Å²) in [5, 5.41) is 17.1. The van der Waals surface area contributed by atoms with E-state index < -0.39 is 25.2 Å². The standard InChI is InChI=1S/C10H14O6/c1-7(5-11)9(13)15-3-4-16-10(14)8(2)6-12/h11-12H,1-6H2. The van der Waals surface area contributed by atoms with Crippen molar-refractivity contribution >= 4 is 11.9 Å². The van der Waals surface area contributed by atoms with Gasteiger partial charge in [-0.2, -0.15) is 0 Å². The third-order valence-corrected chi connectivity index (χ3v) is 1.51. The largest absolute Gasteiger partial charge is 0.459 e. The van der Waals surface area contributed by atoms with E-state index in [2.05, 4.69) is 22.6 Å². The maximum Gasteiger partial charge on any atom is 0.335 e. The Bertz CT molecular complexity index is 264. The summed E-state index contributed by atoms with van der Waals surface area (Å²) in [4.78, 5) is 21.9. The highest BCUT2D eigenvalue weighted by molar-refractivity contribution is 5.88. The number of rotatable bonds is 7. The van der Waals surface area contributed by atoms with Crippen LogP contribution in [0.2, 0.25) is 0 Å². The molecule has 0 amide bonds. The smallest absolute Gasteiger partial charge is 0.335 e. The highest BCUT2D eigenvalue weighted by atomic mass is 16.6. The van der Waals surface area contributed by atoms with Crippen molar-refractivity contribution in [3.63, 3.8) is 0 Å². The lowest BCUT2D eigenvalue weighted by atomic mass is 10.3. The number of hydrogen-bond acceptors (Lipinski definition) is 6. The summed E-state index contributed by atoms with van der Waals surface area (Å²) in [7, 11) is 0. The molecule has 0 aromatic carbocycles. The Balaban J connectivity index is 3.69. The summed E-state index contributed by atoms with van der Waals surface area (Å²) in [6, 6.07) is 0. The first-order chi connectivity index (χ1) is 7.52. The Hall–Kier alpha value is -1.66. The van der Waals surface area contributed by atoms with E-state index >= 15 is 0 Å². The van der Waals surface area contributed by atoms with Gasteiger partial charge in [0, 0.05) is 0 Å². The second-order valence-electron chi connectivity index (χ2n) is 2.80. The van der Waals surface area contributed by atoms with Crippen LogP contribution in [0.5, 0.6) is 0 Å². The lowest BCUT2D eigenvalue weighted by Crippen LogP contribution is -2.17. The molecule has 0 aromatic heterocycles. The van der Waals surface area contributed by atoms with Gasteiger partial charge in [-0.05, 0) is 0 Å². The van der Waals surface area contributed by atoms with Crippen LogP contribution in [0.15, 0.2) is 24.3 Å². The molecule has 16 heavy (non-hydrogen) atoms. The molecule has 2 N–H and O–H groups in total.